The molecule has 2 aromatic rings. The van der Waals surface area contributed by atoms with Crippen LogP contribution < -0.4 is 10.6 Å². The van der Waals surface area contributed by atoms with E-state index in [-0.39, 0.29) is 5.28 Å². The predicted octanol–water partition coefficient (Wildman–Crippen LogP) is 1.69. The highest BCUT2D eigenvalue weighted by molar-refractivity contribution is 6.28. The van der Waals surface area contributed by atoms with Gasteiger partial charge in [-0.05, 0) is 18.0 Å². The molecule has 0 atom stereocenters. The third-order valence-electron chi connectivity index (χ3n) is 2.47. The Morgan fingerprint density at radius 3 is 2.58 bits per heavy atom. The van der Waals surface area contributed by atoms with Crippen molar-refractivity contribution in [2.45, 2.75) is 19.9 Å². The van der Waals surface area contributed by atoms with Crippen LogP contribution in [0.2, 0.25) is 5.28 Å². The minimum atomic E-state index is 0.163. The van der Waals surface area contributed by atoms with Gasteiger partial charge in [0.05, 0.1) is 6.54 Å². The fourth-order valence-corrected chi connectivity index (χ4v) is 1.63. The second kappa shape index (κ2) is 6.33. The van der Waals surface area contributed by atoms with Gasteiger partial charge in [-0.2, -0.15) is 15.0 Å². The van der Waals surface area contributed by atoms with Crippen LogP contribution in [0, 0.1) is 0 Å². The molecule has 0 spiro atoms. The normalized spacial score (nSPS) is 10.5. The number of aromatic nitrogens is 5. The van der Waals surface area contributed by atoms with Crippen LogP contribution in [-0.2, 0) is 13.6 Å². The molecule has 19 heavy (non-hydrogen) atoms. The van der Waals surface area contributed by atoms with E-state index in [9.17, 15) is 0 Å². The average Bonchev–Trinajstić information content (AvgIpc) is 2.79. The van der Waals surface area contributed by atoms with Crippen LogP contribution in [-0.4, -0.2) is 31.0 Å². The van der Waals surface area contributed by atoms with Gasteiger partial charge in [0.2, 0.25) is 17.2 Å². The maximum absolute atomic E-state index is 5.86. The molecule has 0 bridgehead atoms. The third-order valence-corrected chi connectivity index (χ3v) is 2.64. The highest BCUT2D eigenvalue weighted by Gasteiger charge is 2.05. The summed E-state index contributed by atoms with van der Waals surface area (Å²) in [5, 5.41) is 6.31. The van der Waals surface area contributed by atoms with E-state index >= 15 is 0 Å². The minimum Gasteiger partial charge on any atom is -0.354 e. The van der Waals surface area contributed by atoms with Crippen molar-refractivity contribution in [1.29, 1.82) is 0 Å². The molecule has 0 amide bonds. The SMILES string of the molecule is CCCNc1nc(Cl)nc(NCc2nccn2C)n1. The number of aryl methyl sites for hydroxylation is 1. The lowest BCUT2D eigenvalue weighted by Crippen LogP contribution is -2.11. The molecule has 102 valence electrons. The second-order valence-corrected chi connectivity index (χ2v) is 4.32. The van der Waals surface area contributed by atoms with Gasteiger partial charge < -0.3 is 15.2 Å². The van der Waals surface area contributed by atoms with Gasteiger partial charge in [-0.3, -0.25) is 0 Å². The van der Waals surface area contributed by atoms with Crippen molar-refractivity contribution >= 4 is 23.5 Å². The van der Waals surface area contributed by atoms with E-state index in [1.54, 1.807) is 6.20 Å². The maximum atomic E-state index is 5.86. The monoisotopic (exact) mass is 281 g/mol. The van der Waals surface area contributed by atoms with Crippen molar-refractivity contribution in [1.82, 2.24) is 24.5 Å². The lowest BCUT2D eigenvalue weighted by Gasteiger charge is -2.07. The van der Waals surface area contributed by atoms with Gasteiger partial charge in [-0.25, -0.2) is 4.98 Å². The Balaban J connectivity index is 2.03. The topological polar surface area (TPSA) is 80.5 Å². The zero-order valence-corrected chi connectivity index (χ0v) is 11.6. The number of nitrogens with zero attached hydrogens (tertiary/aromatic N) is 5. The van der Waals surface area contributed by atoms with E-state index in [0.29, 0.717) is 18.4 Å². The predicted molar refractivity (Wildman–Crippen MR) is 74.2 cm³/mol. The first-order valence-electron chi connectivity index (χ1n) is 6.04. The summed E-state index contributed by atoms with van der Waals surface area (Å²) in [7, 11) is 1.93. The van der Waals surface area contributed by atoms with Gasteiger partial charge in [0.15, 0.2) is 0 Å². The van der Waals surface area contributed by atoms with E-state index in [0.717, 1.165) is 18.8 Å². The molecule has 7 nitrogen and oxygen atoms in total. The summed E-state index contributed by atoms with van der Waals surface area (Å²) in [5.74, 6) is 1.80. The quantitative estimate of drug-likeness (QED) is 0.839. The molecule has 0 aliphatic carbocycles. The molecule has 0 saturated heterocycles. The average molecular weight is 282 g/mol. The molecule has 0 fully saturated rings. The van der Waals surface area contributed by atoms with Crippen molar-refractivity contribution in [2.75, 3.05) is 17.2 Å². The molecule has 2 aromatic heterocycles. The molecule has 0 saturated carbocycles. The Morgan fingerprint density at radius 2 is 1.95 bits per heavy atom. The first-order valence-corrected chi connectivity index (χ1v) is 6.42. The molecule has 2 heterocycles. The molecule has 0 unspecified atom stereocenters. The van der Waals surface area contributed by atoms with E-state index in [1.807, 2.05) is 17.8 Å². The van der Waals surface area contributed by atoms with Crippen LogP contribution >= 0.6 is 11.6 Å². The zero-order valence-electron chi connectivity index (χ0n) is 10.9. The van der Waals surface area contributed by atoms with Crippen LogP contribution in [0.5, 0.6) is 0 Å². The summed E-state index contributed by atoms with van der Waals surface area (Å²) in [6.45, 7) is 3.38. The number of hydrogen-bond donors (Lipinski definition) is 2. The first kappa shape index (κ1) is 13.5. The lowest BCUT2D eigenvalue weighted by molar-refractivity contribution is 0.806. The van der Waals surface area contributed by atoms with Gasteiger partial charge in [0, 0.05) is 26.0 Å². The number of imidazole rings is 1. The summed E-state index contributed by atoms with van der Waals surface area (Å²) in [5.41, 5.74) is 0. The highest BCUT2D eigenvalue weighted by atomic mass is 35.5. The van der Waals surface area contributed by atoms with Gasteiger partial charge >= 0.3 is 0 Å². The van der Waals surface area contributed by atoms with Crippen LogP contribution in [0.1, 0.15) is 19.2 Å². The van der Waals surface area contributed by atoms with Crippen LogP contribution in [0.15, 0.2) is 12.4 Å². The fourth-order valence-electron chi connectivity index (χ4n) is 1.47. The summed E-state index contributed by atoms with van der Waals surface area (Å²) in [4.78, 5) is 16.5. The van der Waals surface area contributed by atoms with E-state index < -0.39 is 0 Å². The summed E-state index contributed by atoms with van der Waals surface area (Å²) in [6.07, 6.45) is 4.61. The Morgan fingerprint density at radius 1 is 1.21 bits per heavy atom. The number of halogens is 1. The molecule has 0 aromatic carbocycles. The maximum Gasteiger partial charge on any atom is 0.229 e. The highest BCUT2D eigenvalue weighted by Crippen LogP contribution is 2.10. The Kier molecular flexibility index (Phi) is 4.51. The zero-order chi connectivity index (χ0) is 13.7. The Hall–Kier alpha value is -1.89. The molecule has 0 radical (unpaired) electrons. The molecule has 8 heteroatoms. The van der Waals surface area contributed by atoms with Crippen LogP contribution in [0.25, 0.3) is 0 Å². The summed E-state index contributed by atoms with van der Waals surface area (Å²) >= 11 is 5.86. The lowest BCUT2D eigenvalue weighted by atomic mass is 10.5. The largest absolute Gasteiger partial charge is 0.354 e. The number of hydrogen-bond acceptors (Lipinski definition) is 6. The second-order valence-electron chi connectivity index (χ2n) is 3.99. The molecule has 2 rings (SSSR count). The number of rotatable bonds is 6. The Labute approximate surface area is 116 Å². The van der Waals surface area contributed by atoms with Crippen molar-refractivity contribution in [3.05, 3.63) is 23.5 Å². The van der Waals surface area contributed by atoms with Crippen LogP contribution in [0.4, 0.5) is 11.9 Å². The van der Waals surface area contributed by atoms with Gasteiger partial charge in [0.1, 0.15) is 5.82 Å². The van der Waals surface area contributed by atoms with Crippen LogP contribution in [0.3, 0.4) is 0 Å². The smallest absolute Gasteiger partial charge is 0.229 e. The summed E-state index contributed by atoms with van der Waals surface area (Å²) < 4.78 is 1.92. The molecule has 0 aliphatic heterocycles. The van der Waals surface area contributed by atoms with E-state index in [4.69, 9.17) is 11.6 Å². The van der Waals surface area contributed by atoms with Gasteiger partial charge in [-0.15, -0.1) is 0 Å². The van der Waals surface area contributed by atoms with Gasteiger partial charge in [-0.1, -0.05) is 6.92 Å². The standard InChI is InChI=1S/C11H16ClN7/c1-3-4-14-10-16-9(12)17-11(18-10)15-7-8-13-5-6-19(8)2/h5-6H,3-4,7H2,1-2H3,(H2,14,15,16,17,18). The number of nitrogens with one attached hydrogen (secondary N) is 2. The number of anilines is 2. The first-order chi connectivity index (χ1) is 9.19. The van der Waals surface area contributed by atoms with E-state index in [1.165, 1.54) is 0 Å². The van der Waals surface area contributed by atoms with Crippen molar-refractivity contribution in [2.24, 2.45) is 7.05 Å². The van der Waals surface area contributed by atoms with Gasteiger partial charge in [0.25, 0.3) is 0 Å². The molecule has 2 N–H and O–H groups in total. The van der Waals surface area contributed by atoms with Crippen molar-refractivity contribution in [3.63, 3.8) is 0 Å². The fraction of sp³-hybridized carbons (Fsp3) is 0.455. The Bertz CT molecular complexity index is 540. The minimum absolute atomic E-state index is 0.163. The molecule has 0 aliphatic rings. The molecular formula is C11H16ClN7. The third kappa shape index (κ3) is 3.78. The van der Waals surface area contributed by atoms with Crippen molar-refractivity contribution < 1.29 is 0 Å². The molecular weight excluding hydrogens is 266 g/mol. The summed E-state index contributed by atoms with van der Waals surface area (Å²) in [6, 6.07) is 0. The van der Waals surface area contributed by atoms with E-state index in [2.05, 4.69) is 37.5 Å². The van der Waals surface area contributed by atoms with Crippen molar-refractivity contribution in [3.8, 4) is 0 Å².